The number of nitrogens with zero attached hydrogens (tertiary/aromatic N) is 1. The molecule has 3 aromatic heterocycles. The van der Waals surface area contributed by atoms with Gasteiger partial charge >= 0.3 is 0 Å². The zero-order valence-corrected chi connectivity index (χ0v) is 7.78. The monoisotopic (exact) mass is 191 g/mol. The highest BCUT2D eigenvalue weighted by Gasteiger charge is 2.02. The molecule has 0 radical (unpaired) electrons. The number of thiophene rings is 2. The predicted octanol–water partition coefficient (Wildman–Crippen LogP) is 3.51. The van der Waals surface area contributed by atoms with Gasteiger partial charge in [0.1, 0.15) is 4.83 Å². The first kappa shape index (κ1) is 6.57. The van der Waals surface area contributed by atoms with E-state index in [9.17, 15) is 0 Å². The maximum absolute atomic E-state index is 4.37. The normalized spacial score (nSPS) is 11.3. The number of aromatic nitrogens is 1. The number of fused-ring (bicyclic) bond motifs is 3. The molecule has 0 saturated carbocycles. The second-order valence-electron chi connectivity index (χ2n) is 2.60. The molecule has 3 heterocycles. The van der Waals surface area contributed by atoms with Gasteiger partial charge < -0.3 is 0 Å². The Morgan fingerprint density at radius 2 is 2.00 bits per heavy atom. The minimum atomic E-state index is 1.14. The van der Waals surface area contributed by atoms with Crippen molar-refractivity contribution in [1.82, 2.24) is 4.98 Å². The number of hydrogen-bond donors (Lipinski definition) is 0. The zero-order valence-electron chi connectivity index (χ0n) is 6.15. The van der Waals surface area contributed by atoms with Gasteiger partial charge in [-0.05, 0) is 22.9 Å². The van der Waals surface area contributed by atoms with Crippen molar-refractivity contribution in [3.63, 3.8) is 0 Å². The van der Waals surface area contributed by atoms with E-state index in [1.807, 2.05) is 6.20 Å². The van der Waals surface area contributed by atoms with Crippen LogP contribution in [0.3, 0.4) is 0 Å². The van der Waals surface area contributed by atoms with E-state index in [4.69, 9.17) is 0 Å². The lowest BCUT2D eigenvalue weighted by Gasteiger charge is -1.89. The third kappa shape index (κ3) is 0.750. The summed E-state index contributed by atoms with van der Waals surface area (Å²) in [6.45, 7) is 0. The molecule has 0 aromatic carbocycles. The maximum Gasteiger partial charge on any atom is 0.124 e. The summed E-state index contributed by atoms with van der Waals surface area (Å²) in [6, 6.07) is 4.26. The molecule has 0 fully saturated rings. The van der Waals surface area contributed by atoms with Gasteiger partial charge in [0, 0.05) is 21.7 Å². The molecular weight excluding hydrogens is 186 g/mol. The van der Waals surface area contributed by atoms with E-state index in [1.165, 1.54) is 15.5 Å². The molecule has 12 heavy (non-hydrogen) atoms. The average molecular weight is 191 g/mol. The van der Waals surface area contributed by atoms with Crippen molar-refractivity contribution in [2.75, 3.05) is 0 Å². The fourth-order valence-electron chi connectivity index (χ4n) is 1.34. The van der Waals surface area contributed by atoms with E-state index < -0.39 is 0 Å². The largest absolute Gasteiger partial charge is 0.245 e. The van der Waals surface area contributed by atoms with Crippen LogP contribution in [0.5, 0.6) is 0 Å². The van der Waals surface area contributed by atoms with Crippen molar-refractivity contribution < 1.29 is 0 Å². The minimum Gasteiger partial charge on any atom is -0.245 e. The SMILES string of the molecule is c1cc2c(ncc3ccsc32)s1. The van der Waals surface area contributed by atoms with E-state index >= 15 is 0 Å². The Morgan fingerprint density at radius 1 is 1.08 bits per heavy atom. The van der Waals surface area contributed by atoms with Crippen LogP contribution in [0.2, 0.25) is 0 Å². The summed E-state index contributed by atoms with van der Waals surface area (Å²) in [5.74, 6) is 0. The van der Waals surface area contributed by atoms with Crippen molar-refractivity contribution in [2.24, 2.45) is 0 Å². The molecule has 3 heteroatoms. The Morgan fingerprint density at radius 3 is 3.00 bits per heavy atom. The van der Waals surface area contributed by atoms with Crippen molar-refractivity contribution in [2.45, 2.75) is 0 Å². The molecule has 0 bridgehead atoms. The molecule has 0 unspecified atom stereocenters. The minimum absolute atomic E-state index is 1.14. The Labute approximate surface area is 77.3 Å². The van der Waals surface area contributed by atoms with Gasteiger partial charge in [-0.15, -0.1) is 22.7 Å². The summed E-state index contributed by atoms with van der Waals surface area (Å²) in [7, 11) is 0. The number of pyridine rings is 1. The van der Waals surface area contributed by atoms with Crippen LogP contribution in [0, 0.1) is 0 Å². The van der Waals surface area contributed by atoms with E-state index in [1.54, 1.807) is 22.7 Å². The molecule has 0 aliphatic carbocycles. The molecule has 0 N–H and O–H groups in total. The first-order valence-corrected chi connectivity index (χ1v) is 5.40. The van der Waals surface area contributed by atoms with Gasteiger partial charge in [0.2, 0.25) is 0 Å². The highest BCUT2D eigenvalue weighted by atomic mass is 32.1. The Bertz CT molecular complexity index is 486. The van der Waals surface area contributed by atoms with Crippen LogP contribution in [-0.4, -0.2) is 4.98 Å². The number of hydrogen-bond acceptors (Lipinski definition) is 3. The first-order chi connectivity index (χ1) is 5.95. The molecule has 0 atom stereocenters. The lowest BCUT2D eigenvalue weighted by molar-refractivity contribution is 1.49. The fraction of sp³-hybridized carbons (Fsp3) is 0. The maximum atomic E-state index is 4.37. The van der Waals surface area contributed by atoms with Crippen LogP contribution >= 0.6 is 22.7 Å². The standard InChI is InChI=1S/C9H5NS2/c1-3-11-8-6(1)5-10-9-7(8)2-4-12-9/h1-5H. The molecule has 58 valence electrons. The summed E-state index contributed by atoms with van der Waals surface area (Å²) in [6.07, 6.45) is 1.95. The molecule has 0 aliphatic heterocycles. The van der Waals surface area contributed by atoms with Crippen molar-refractivity contribution in [1.29, 1.82) is 0 Å². The molecule has 3 aromatic rings. The van der Waals surface area contributed by atoms with Gasteiger partial charge in [-0.25, -0.2) is 4.98 Å². The Balaban J connectivity index is 2.71. The van der Waals surface area contributed by atoms with E-state index in [0.29, 0.717) is 0 Å². The van der Waals surface area contributed by atoms with Gasteiger partial charge in [0.15, 0.2) is 0 Å². The second-order valence-corrected chi connectivity index (χ2v) is 4.41. The molecular formula is C9H5NS2. The molecule has 0 aliphatic rings. The highest BCUT2D eigenvalue weighted by Crippen LogP contribution is 2.30. The summed E-state index contributed by atoms with van der Waals surface area (Å²) >= 11 is 3.49. The fourth-order valence-corrected chi connectivity index (χ4v) is 3.05. The zero-order chi connectivity index (χ0) is 7.97. The van der Waals surface area contributed by atoms with E-state index in [0.717, 1.165) is 4.83 Å². The predicted molar refractivity (Wildman–Crippen MR) is 55.0 cm³/mol. The van der Waals surface area contributed by atoms with Crippen molar-refractivity contribution in [3.8, 4) is 0 Å². The van der Waals surface area contributed by atoms with Gasteiger partial charge in [-0.2, -0.15) is 0 Å². The van der Waals surface area contributed by atoms with Gasteiger partial charge in [0.25, 0.3) is 0 Å². The highest BCUT2D eigenvalue weighted by molar-refractivity contribution is 7.20. The Hall–Kier alpha value is -0.930. The molecule has 0 amide bonds. The lowest BCUT2D eigenvalue weighted by atomic mass is 10.3. The number of rotatable bonds is 0. The summed E-state index contributed by atoms with van der Waals surface area (Å²) in [5.41, 5.74) is 0. The van der Waals surface area contributed by atoms with Crippen LogP contribution < -0.4 is 0 Å². The summed E-state index contributed by atoms with van der Waals surface area (Å²) < 4.78 is 1.36. The summed E-state index contributed by atoms with van der Waals surface area (Å²) in [4.78, 5) is 5.51. The lowest BCUT2D eigenvalue weighted by Crippen LogP contribution is -1.69. The second kappa shape index (κ2) is 2.28. The molecule has 3 rings (SSSR count). The molecule has 1 nitrogen and oxygen atoms in total. The van der Waals surface area contributed by atoms with Crippen LogP contribution in [0.15, 0.2) is 29.1 Å². The summed E-state index contributed by atoms with van der Waals surface area (Å²) in [5, 5.41) is 6.76. The smallest absolute Gasteiger partial charge is 0.124 e. The van der Waals surface area contributed by atoms with Gasteiger partial charge in [-0.3, -0.25) is 0 Å². The quantitative estimate of drug-likeness (QED) is 0.530. The van der Waals surface area contributed by atoms with E-state index in [-0.39, 0.29) is 0 Å². The topological polar surface area (TPSA) is 12.9 Å². The van der Waals surface area contributed by atoms with Gasteiger partial charge in [-0.1, -0.05) is 0 Å². The van der Waals surface area contributed by atoms with Crippen LogP contribution in [0.4, 0.5) is 0 Å². The third-order valence-corrected chi connectivity index (χ3v) is 3.69. The average Bonchev–Trinajstić information content (AvgIpc) is 2.71. The van der Waals surface area contributed by atoms with Gasteiger partial charge in [0.05, 0.1) is 0 Å². The van der Waals surface area contributed by atoms with Crippen molar-refractivity contribution in [3.05, 3.63) is 29.1 Å². The Kier molecular flexibility index (Phi) is 1.25. The van der Waals surface area contributed by atoms with Crippen LogP contribution in [-0.2, 0) is 0 Å². The van der Waals surface area contributed by atoms with Crippen LogP contribution in [0.25, 0.3) is 20.3 Å². The third-order valence-electron chi connectivity index (χ3n) is 1.91. The van der Waals surface area contributed by atoms with E-state index in [2.05, 4.69) is 27.9 Å². The molecule has 0 saturated heterocycles. The van der Waals surface area contributed by atoms with Crippen molar-refractivity contribution >= 4 is 43.0 Å². The molecule has 0 spiro atoms. The first-order valence-electron chi connectivity index (χ1n) is 3.64. The van der Waals surface area contributed by atoms with Crippen LogP contribution in [0.1, 0.15) is 0 Å².